The highest BCUT2D eigenvalue weighted by Gasteiger charge is 2.10. The fourth-order valence-corrected chi connectivity index (χ4v) is 1.18. The van der Waals surface area contributed by atoms with E-state index in [-0.39, 0.29) is 0 Å². The fourth-order valence-electron chi connectivity index (χ4n) is 1.18. The third-order valence-electron chi connectivity index (χ3n) is 1.76. The van der Waals surface area contributed by atoms with Crippen LogP contribution in [0.1, 0.15) is 19.5 Å². The van der Waals surface area contributed by atoms with Gasteiger partial charge in [-0.15, -0.1) is 0 Å². The number of rotatable bonds is 5. The number of anilines is 1. The van der Waals surface area contributed by atoms with E-state index < -0.39 is 0 Å². The smallest absolute Gasteiger partial charge is 0.149 e. The van der Waals surface area contributed by atoms with Gasteiger partial charge in [0.15, 0.2) is 0 Å². The summed E-state index contributed by atoms with van der Waals surface area (Å²) in [4.78, 5) is 4.14. The molecule has 0 saturated heterocycles. The number of hydrogen-bond donors (Lipinski definition) is 1. The van der Waals surface area contributed by atoms with Crippen LogP contribution in [0.5, 0.6) is 5.75 Å². The van der Waals surface area contributed by atoms with Gasteiger partial charge in [-0.05, 0) is 26.0 Å². The molecular weight excluding hydrogens is 192 g/mol. The Morgan fingerprint density at radius 3 is 2.73 bits per heavy atom. The summed E-state index contributed by atoms with van der Waals surface area (Å²) in [6.45, 7) is 8.68. The number of aromatic nitrogens is 1. The molecule has 0 aromatic carbocycles. The number of pyridine rings is 1. The molecular formula is C11H16N2O2. The van der Waals surface area contributed by atoms with Crippen molar-refractivity contribution >= 4 is 11.6 Å². The Hall–Kier alpha value is -1.71. The van der Waals surface area contributed by atoms with Crippen LogP contribution in [-0.2, 0) is 4.74 Å². The van der Waals surface area contributed by atoms with Crippen LogP contribution in [0.15, 0.2) is 18.7 Å². The third kappa shape index (κ3) is 2.87. The van der Waals surface area contributed by atoms with E-state index >= 15 is 0 Å². The van der Waals surface area contributed by atoms with Crippen LogP contribution < -0.4 is 10.5 Å². The maximum absolute atomic E-state index is 5.59. The normalized spacial score (nSPS) is 9.73. The second-order valence-corrected chi connectivity index (χ2v) is 2.87. The van der Waals surface area contributed by atoms with Gasteiger partial charge in [-0.2, -0.15) is 0 Å². The van der Waals surface area contributed by atoms with Gasteiger partial charge in [-0.1, -0.05) is 6.58 Å². The molecule has 0 aliphatic rings. The molecule has 0 aliphatic carbocycles. The molecule has 0 fully saturated rings. The molecule has 0 spiro atoms. The van der Waals surface area contributed by atoms with Crippen LogP contribution in [0.25, 0.3) is 5.76 Å². The van der Waals surface area contributed by atoms with Gasteiger partial charge in [-0.3, -0.25) is 0 Å². The first-order valence-corrected chi connectivity index (χ1v) is 4.90. The zero-order valence-electron chi connectivity index (χ0n) is 9.12. The largest absolute Gasteiger partial charge is 0.492 e. The van der Waals surface area contributed by atoms with Crippen LogP contribution in [0.2, 0.25) is 0 Å². The Kier molecular flexibility index (Phi) is 3.97. The number of nitrogens with two attached hydrogens (primary N) is 1. The highest BCUT2D eigenvalue weighted by atomic mass is 16.5. The lowest BCUT2D eigenvalue weighted by molar-refractivity contribution is 0.290. The summed E-state index contributed by atoms with van der Waals surface area (Å²) in [5, 5.41) is 0. The van der Waals surface area contributed by atoms with Gasteiger partial charge in [0.25, 0.3) is 0 Å². The monoisotopic (exact) mass is 208 g/mol. The van der Waals surface area contributed by atoms with Crippen molar-refractivity contribution in [3.63, 3.8) is 0 Å². The number of hydrogen-bond acceptors (Lipinski definition) is 4. The van der Waals surface area contributed by atoms with Crippen molar-refractivity contribution in [2.45, 2.75) is 13.8 Å². The molecule has 1 aromatic heterocycles. The third-order valence-corrected chi connectivity index (χ3v) is 1.76. The lowest BCUT2D eigenvalue weighted by Gasteiger charge is -2.11. The molecule has 4 nitrogen and oxygen atoms in total. The Labute approximate surface area is 89.7 Å². The van der Waals surface area contributed by atoms with Crippen LogP contribution in [0.3, 0.4) is 0 Å². The predicted octanol–water partition coefficient (Wildman–Crippen LogP) is 2.07. The van der Waals surface area contributed by atoms with E-state index in [1.807, 2.05) is 13.8 Å². The molecule has 1 rings (SSSR count). The summed E-state index contributed by atoms with van der Waals surface area (Å²) in [5.41, 5.74) is 6.16. The van der Waals surface area contributed by atoms with E-state index in [9.17, 15) is 0 Å². The second-order valence-electron chi connectivity index (χ2n) is 2.87. The van der Waals surface area contributed by atoms with Crippen molar-refractivity contribution in [1.82, 2.24) is 4.98 Å². The Morgan fingerprint density at radius 1 is 1.40 bits per heavy atom. The van der Waals surface area contributed by atoms with E-state index in [1.165, 1.54) is 0 Å². The first-order chi connectivity index (χ1) is 7.19. The highest BCUT2D eigenvalue weighted by molar-refractivity contribution is 5.62. The van der Waals surface area contributed by atoms with Gasteiger partial charge < -0.3 is 15.2 Å². The molecule has 0 atom stereocenters. The lowest BCUT2D eigenvalue weighted by Crippen LogP contribution is -2.02. The average Bonchev–Trinajstić information content (AvgIpc) is 2.21. The van der Waals surface area contributed by atoms with E-state index in [1.54, 1.807) is 12.1 Å². The van der Waals surface area contributed by atoms with Gasteiger partial charge in [0.1, 0.15) is 23.0 Å². The van der Waals surface area contributed by atoms with Crippen LogP contribution >= 0.6 is 0 Å². The molecule has 0 aliphatic heterocycles. The number of nitrogens with zero attached hydrogens (tertiary/aromatic N) is 1. The molecule has 2 N–H and O–H groups in total. The summed E-state index contributed by atoms with van der Waals surface area (Å²) in [6.07, 6.45) is 0. The van der Waals surface area contributed by atoms with Gasteiger partial charge in [0.2, 0.25) is 0 Å². The number of nitrogen functional groups attached to an aromatic ring is 1. The maximum Gasteiger partial charge on any atom is 0.149 e. The SMILES string of the molecule is C=C(OCC)c1nc(N)ccc1OCC. The van der Waals surface area contributed by atoms with E-state index in [0.29, 0.717) is 36.2 Å². The standard InChI is InChI=1S/C11H16N2O2/c1-4-14-8(3)11-9(15-5-2)6-7-10(12)13-11/h6-7H,3-5H2,1-2H3,(H2,12,13). The molecule has 0 unspecified atom stereocenters. The van der Waals surface area contributed by atoms with Crippen LogP contribution in [-0.4, -0.2) is 18.2 Å². The first-order valence-electron chi connectivity index (χ1n) is 4.90. The van der Waals surface area contributed by atoms with Crippen molar-refractivity contribution in [2.75, 3.05) is 18.9 Å². The zero-order valence-corrected chi connectivity index (χ0v) is 9.12. The van der Waals surface area contributed by atoms with Gasteiger partial charge >= 0.3 is 0 Å². The minimum absolute atomic E-state index is 0.425. The minimum atomic E-state index is 0.425. The fraction of sp³-hybridized carbons (Fsp3) is 0.364. The summed E-state index contributed by atoms with van der Waals surface area (Å²) in [5.74, 6) is 1.55. The van der Waals surface area contributed by atoms with Crippen LogP contribution in [0, 0.1) is 0 Å². The van der Waals surface area contributed by atoms with E-state index in [0.717, 1.165) is 0 Å². The molecule has 82 valence electrons. The summed E-state index contributed by atoms with van der Waals surface area (Å²) >= 11 is 0. The van der Waals surface area contributed by atoms with Crippen LogP contribution in [0.4, 0.5) is 5.82 Å². The average molecular weight is 208 g/mol. The molecule has 0 amide bonds. The molecule has 0 radical (unpaired) electrons. The minimum Gasteiger partial charge on any atom is -0.492 e. The molecule has 0 saturated carbocycles. The maximum atomic E-state index is 5.59. The molecule has 0 bridgehead atoms. The summed E-state index contributed by atoms with van der Waals surface area (Å²) in [7, 11) is 0. The Bertz CT molecular complexity index is 350. The van der Waals surface area contributed by atoms with Gasteiger partial charge in [0, 0.05) is 0 Å². The molecule has 15 heavy (non-hydrogen) atoms. The zero-order chi connectivity index (χ0) is 11.3. The van der Waals surface area contributed by atoms with Crippen molar-refractivity contribution < 1.29 is 9.47 Å². The summed E-state index contributed by atoms with van der Waals surface area (Å²) < 4.78 is 10.7. The van der Waals surface area contributed by atoms with E-state index in [4.69, 9.17) is 15.2 Å². The molecule has 1 heterocycles. The van der Waals surface area contributed by atoms with Crippen molar-refractivity contribution in [3.05, 3.63) is 24.4 Å². The topological polar surface area (TPSA) is 57.4 Å². The highest BCUT2D eigenvalue weighted by Crippen LogP contribution is 2.24. The van der Waals surface area contributed by atoms with Gasteiger partial charge in [0.05, 0.1) is 13.2 Å². The van der Waals surface area contributed by atoms with Crippen molar-refractivity contribution in [2.24, 2.45) is 0 Å². The summed E-state index contributed by atoms with van der Waals surface area (Å²) in [6, 6.07) is 3.46. The molecule has 4 heteroatoms. The van der Waals surface area contributed by atoms with Gasteiger partial charge in [-0.25, -0.2) is 4.98 Å². The number of ether oxygens (including phenoxy) is 2. The second kappa shape index (κ2) is 5.24. The van der Waals surface area contributed by atoms with Crippen molar-refractivity contribution in [1.29, 1.82) is 0 Å². The molecule has 1 aromatic rings. The Morgan fingerprint density at radius 2 is 2.13 bits per heavy atom. The predicted molar refractivity (Wildman–Crippen MR) is 60.5 cm³/mol. The van der Waals surface area contributed by atoms with Crippen molar-refractivity contribution in [3.8, 4) is 5.75 Å². The quantitative estimate of drug-likeness (QED) is 0.752. The lowest BCUT2D eigenvalue weighted by atomic mass is 10.3. The van der Waals surface area contributed by atoms with E-state index in [2.05, 4.69) is 11.6 Å². The first kappa shape index (κ1) is 11.4. The Balaban J connectivity index is 3.00.